The van der Waals surface area contributed by atoms with Gasteiger partial charge in [0.15, 0.2) is 12.8 Å². The Kier molecular flexibility index (Phi) is 5.52. The van der Waals surface area contributed by atoms with Gasteiger partial charge in [-0.25, -0.2) is 4.58 Å². The van der Waals surface area contributed by atoms with Crippen LogP contribution >= 0.6 is 0 Å². The second kappa shape index (κ2) is 8.62. The SMILES string of the molecule is CC1CC=CC=C1Cc1ccc2oc(-c3ccc4c(c3)CC[N+](CCC(=O)O)=C4)cc2c1. The first-order valence-corrected chi connectivity index (χ1v) is 11.4. The van der Waals surface area contributed by atoms with Gasteiger partial charge in [0.05, 0.1) is 0 Å². The van der Waals surface area contributed by atoms with Gasteiger partial charge in [0.1, 0.15) is 24.3 Å². The maximum atomic E-state index is 10.8. The Morgan fingerprint density at radius 2 is 2.09 bits per heavy atom. The first kappa shape index (κ1) is 20.5. The number of hydrogen-bond acceptors (Lipinski definition) is 2. The summed E-state index contributed by atoms with van der Waals surface area (Å²) in [5, 5.41) is 10.1. The molecule has 0 amide bonds. The van der Waals surface area contributed by atoms with Crippen molar-refractivity contribution in [1.29, 1.82) is 0 Å². The third kappa shape index (κ3) is 4.31. The molecule has 0 bridgehead atoms. The summed E-state index contributed by atoms with van der Waals surface area (Å²) in [5.41, 5.74) is 7.24. The minimum atomic E-state index is -0.755. The Hall–Kier alpha value is -3.40. The lowest BCUT2D eigenvalue weighted by Gasteiger charge is -2.17. The molecule has 4 heteroatoms. The van der Waals surface area contributed by atoms with E-state index in [0.29, 0.717) is 12.5 Å². The predicted molar refractivity (Wildman–Crippen MR) is 127 cm³/mol. The molecule has 1 aromatic heterocycles. The molecule has 0 fully saturated rings. The lowest BCUT2D eigenvalue weighted by molar-refractivity contribution is -0.523. The van der Waals surface area contributed by atoms with E-state index < -0.39 is 5.97 Å². The van der Waals surface area contributed by atoms with E-state index in [4.69, 9.17) is 9.52 Å². The van der Waals surface area contributed by atoms with E-state index in [1.54, 1.807) is 0 Å². The maximum absolute atomic E-state index is 10.8. The monoisotopic (exact) mass is 426 g/mol. The van der Waals surface area contributed by atoms with Gasteiger partial charge >= 0.3 is 5.97 Å². The zero-order chi connectivity index (χ0) is 22.1. The Balaban J connectivity index is 1.38. The van der Waals surface area contributed by atoms with Crippen LogP contribution in [0.3, 0.4) is 0 Å². The van der Waals surface area contributed by atoms with E-state index in [-0.39, 0.29) is 6.42 Å². The summed E-state index contributed by atoms with van der Waals surface area (Å²) in [4.78, 5) is 10.8. The van der Waals surface area contributed by atoms with Crippen molar-refractivity contribution in [2.45, 2.75) is 32.6 Å². The fraction of sp³-hybridized carbons (Fsp3) is 0.286. The molecule has 1 N–H and O–H groups in total. The van der Waals surface area contributed by atoms with E-state index in [0.717, 1.165) is 53.7 Å². The van der Waals surface area contributed by atoms with E-state index in [9.17, 15) is 4.79 Å². The van der Waals surface area contributed by atoms with Crippen molar-refractivity contribution in [1.82, 2.24) is 0 Å². The van der Waals surface area contributed by atoms with Crippen LogP contribution in [-0.2, 0) is 17.6 Å². The van der Waals surface area contributed by atoms with E-state index in [1.807, 2.05) is 0 Å². The summed E-state index contributed by atoms with van der Waals surface area (Å²) in [6, 6.07) is 15.1. The highest BCUT2D eigenvalue weighted by Gasteiger charge is 2.18. The molecule has 1 aliphatic carbocycles. The number of carboxylic acids is 1. The number of rotatable bonds is 6. The standard InChI is InChI=1S/C28H27NO3/c1-19-4-2-3-5-21(19)14-20-6-9-26-25(15-20)17-27(32-26)23-7-8-24-18-29(13-11-28(30)31)12-10-22(24)16-23/h2-3,5-9,15-19H,4,10-14H2,1H3/p+1. The number of nitrogens with zero attached hydrogens (tertiary/aromatic N) is 1. The van der Waals surface area contributed by atoms with Crippen LogP contribution in [0.4, 0.5) is 0 Å². The molecule has 2 aliphatic rings. The number of carbonyl (C=O) groups is 1. The van der Waals surface area contributed by atoms with Crippen molar-refractivity contribution >= 4 is 23.2 Å². The molecule has 32 heavy (non-hydrogen) atoms. The van der Waals surface area contributed by atoms with Crippen LogP contribution in [0.25, 0.3) is 22.3 Å². The Morgan fingerprint density at radius 1 is 1.19 bits per heavy atom. The lowest BCUT2D eigenvalue weighted by atomic mass is 9.88. The fourth-order valence-electron chi connectivity index (χ4n) is 4.65. The van der Waals surface area contributed by atoms with Crippen molar-refractivity contribution in [3.8, 4) is 11.3 Å². The zero-order valence-corrected chi connectivity index (χ0v) is 18.4. The first-order valence-electron chi connectivity index (χ1n) is 11.4. The van der Waals surface area contributed by atoms with Crippen LogP contribution in [0, 0.1) is 5.92 Å². The Labute approximate surface area is 188 Å². The van der Waals surface area contributed by atoms with Gasteiger partial charge in [-0.05, 0) is 60.2 Å². The number of furan rings is 1. The molecule has 0 saturated carbocycles. The second-order valence-electron chi connectivity index (χ2n) is 8.94. The molecule has 5 rings (SSSR count). The smallest absolute Gasteiger partial charge is 0.309 e. The van der Waals surface area contributed by atoms with Gasteiger partial charge in [-0.3, -0.25) is 4.79 Å². The zero-order valence-electron chi connectivity index (χ0n) is 18.4. The molecular formula is C28H28NO3+. The van der Waals surface area contributed by atoms with E-state index in [1.165, 1.54) is 16.7 Å². The minimum absolute atomic E-state index is 0.164. The second-order valence-corrected chi connectivity index (χ2v) is 8.94. The van der Waals surface area contributed by atoms with Crippen LogP contribution in [0.15, 0.2) is 70.7 Å². The number of benzene rings is 2. The summed E-state index contributed by atoms with van der Waals surface area (Å²) < 4.78 is 8.28. The van der Waals surface area contributed by atoms with Crippen molar-refractivity contribution in [3.63, 3.8) is 0 Å². The van der Waals surface area contributed by atoms with Gasteiger partial charge in [-0.2, -0.15) is 0 Å². The number of hydrogen-bond donors (Lipinski definition) is 1. The van der Waals surface area contributed by atoms with Crippen molar-refractivity contribution in [3.05, 3.63) is 83.0 Å². The Morgan fingerprint density at radius 3 is 2.94 bits per heavy atom. The van der Waals surface area contributed by atoms with Crippen molar-refractivity contribution < 1.29 is 18.9 Å². The first-order chi connectivity index (χ1) is 15.5. The molecule has 1 atom stereocenters. The quantitative estimate of drug-likeness (QED) is 0.520. The molecule has 3 aromatic rings. The van der Waals surface area contributed by atoms with Crippen LogP contribution in [-0.4, -0.2) is 35.0 Å². The minimum Gasteiger partial charge on any atom is -0.481 e. The lowest BCUT2D eigenvalue weighted by Crippen LogP contribution is -2.25. The average Bonchev–Trinajstić information content (AvgIpc) is 3.22. The average molecular weight is 427 g/mol. The van der Waals surface area contributed by atoms with E-state index >= 15 is 0 Å². The molecule has 1 unspecified atom stereocenters. The van der Waals surface area contributed by atoms with Crippen LogP contribution in [0.2, 0.25) is 0 Å². The molecular weight excluding hydrogens is 398 g/mol. The maximum Gasteiger partial charge on any atom is 0.309 e. The highest BCUT2D eigenvalue weighted by molar-refractivity contribution is 5.85. The Bertz CT molecular complexity index is 1280. The van der Waals surface area contributed by atoms with Crippen LogP contribution in [0.1, 0.15) is 36.5 Å². The highest BCUT2D eigenvalue weighted by atomic mass is 16.4. The number of carboxylic acid groups (broad SMARTS) is 1. The molecule has 162 valence electrons. The summed E-state index contributed by atoms with van der Waals surface area (Å²) in [5.74, 6) is 0.735. The molecule has 1 aliphatic heterocycles. The third-order valence-corrected chi connectivity index (χ3v) is 6.59. The van der Waals surface area contributed by atoms with Gasteiger partial charge in [0.2, 0.25) is 0 Å². The number of aliphatic carboxylic acids is 1. The van der Waals surface area contributed by atoms with Gasteiger partial charge < -0.3 is 9.52 Å². The summed E-state index contributed by atoms with van der Waals surface area (Å²) >= 11 is 0. The summed E-state index contributed by atoms with van der Waals surface area (Å²) in [6.07, 6.45) is 11.9. The molecule has 2 heterocycles. The predicted octanol–water partition coefficient (Wildman–Crippen LogP) is 5.63. The molecule has 4 nitrogen and oxygen atoms in total. The van der Waals surface area contributed by atoms with E-state index in [2.05, 4.69) is 78.4 Å². The van der Waals surface area contributed by atoms with Gasteiger partial charge in [-0.1, -0.05) is 42.9 Å². The normalized spacial score (nSPS) is 17.7. The summed E-state index contributed by atoms with van der Waals surface area (Å²) in [7, 11) is 0. The van der Waals surface area contributed by atoms with Crippen molar-refractivity contribution in [2.24, 2.45) is 5.92 Å². The van der Waals surface area contributed by atoms with Gasteiger partial charge in [-0.15, -0.1) is 0 Å². The molecule has 0 saturated heterocycles. The topological polar surface area (TPSA) is 53.5 Å². The van der Waals surface area contributed by atoms with Crippen molar-refractivity contribution in [2.75, 3.05) is 13.1 Å². The van der Waals surface area contributed by atoms with Crippen LogP contribution < -0.4 is 0 Å². The molecule has 2 aromatic carbocycles. The number of fused-ring (bicyclic) bond motifs is 2. The number of allylic oxidation sites excluding steroid dienone is 4. The third-order valence-electron chi connectivity index (χ3n) is 6.59. The van der Waals surface area contributed by atoms with Crippen LogP contribution in [0.5, 0.6) is 0 Å². The fourth-order valence-corrected chi connectivity index (χ4v) is 4.65. The molecule has 0 radical (unpaired) electrons. The highest BCUT2D eigenvalue weighted by Crippen LogP contribution is 2.31. The van der Waals surface area contributed by atoms with Gasteiger partial charge in [0.25, 0.3) is 0 Å². The van der Waals surface area contributed by atoms with Gasteiger partial charge in [0, 0.05) is 22.9 Å². The largest absolute Gasteiger partial charge is 0.481 e. The molecule has 0 spiro atoms. The summed E-state index contributed by atoms with van der Waals surface area (Å²) in [6.45, 7) is 3.69.